The van der Waals surface area contributed by atoms with Crippen LogP contribution in [0.25, 0.3) is 11.1 Å². The molecule has 1 aromatic carbocycles. The lowest BCUT2D eigenvalue weighted by molar-refractivity contribution is -0.157. The van der Waals surface area contributed by atoms with Crippen molar-refractivity contribution in [3.63, 3.8) is 0 Å². The number of nitrogens with zero attached hydrogens (tertiary/aromatic N) is 4. The van der Waals surface area contributed by atoms with Crippen molar-refractivity contribution >= 4 is 17.9 Å². The van der Waals surface area contributed by atoms with Crippen LogP contribution >= 0.6 is 0 Å². The number of benzene rings is 1. The van der Waals surface area contributed by atoms with E-state index < -0.39 is 28.8 Å². The van der Waals surface area contributed by atoms with Gasteiger partial charge in [-0.2, -0.15) is 0 Å². The van der Waals surface area contributed by atoms with Crippen LogP contribution in [-0.2, 0) is 16.1 Å². The van der Waals surface area contributed by atoms with Crippen molar-refractivity contribution in [1.29, 1.82) is 0 Å². The topological polar surface area (TPSA) is 133 Å². The number of hydrogen-bond acceptors (Lipinski definition) is 7. The summed E-state index contributed by atoms with van der Waals surface area (Å²) in [4.78, 5) is 59.5. The Morgan fingerprint density at radius 3 is 2.31 bits per heavy atom. The SMILES string of the molecule is C[C@H](CC1CCCCC1)C(=O)N1CC[C@@](O)(Cn2cc(C(=O)N3CCN(C(=O)OC(C)(C)C)C[C@H]3CO)c(-c3ccccc3)cc2=O)C(C)(C)C1. The van der Waals surface area contributed by atoms with Gasteiger partial charge in [-0.05, 0) is 45.1 Å². The highest BCUT2D eigenvalue weighted by Crippen LogP contribution is 2.41. The van der Waals surface area contributed by atoms with Crippen LogP contribution < -0.4 is 5.56 Å². The van der Waals surface area contributed by atoms with Crippen LogP contribution in [0.5, 0.6) is 0 Å². The first-order valence-electron chi connectivity index (χ1n) is 18.7. The molecule has 2 saturated heterocycles. The lowest BCUT2D eigenvalue weighted by atomic mass is 9.69. The van der Waals surface area contributed by atoms with Crippen LogP contribution in [0.1, 0.15) is 96.8 Å². The Morgan fingerprint density at radius 2 is 1.69 bits per heavy atom. The molecule has 2 aliphatic heterocycles. The summed E-state index contributed by atoms with van der Waals surface area (Å²) in [6, 6.07) is 9.94. The molecule has 1 saturated carbocycles. The number of aromatic nitrogens is 1. The van der Waals surface area contributed by atoms with Gasteiger partial charge in [0.25, 0.3) is 11.5 Å². The number of ether oxygens (including phenoxy) is 1. The second kappa shape index (κ2) is 15.5. The summed E-state index contributed by atoms with van der Waals surface area (Å²) in [5, 5.41) is 22.6. The molecule has 0 radical (unpaired) electrons. The molecule has 280 valence electrons. The van der Waals surface area contributed by atoms with E-state index in [0.717, 1.165) is 6.42 Å². The molecule has 5 rings (SSSR count). The van der Waals surface area contributed by atoms with E-state index >= 15 is 0 Å². The Labute approximate surface area is 302 Å². The molecule has 3 atom stereocenters. The average molecular weight is 707 g/mol. The van der Waals surface area contributed by atoms with Crippen molar-refractivity contribution in [1.82, 2.24) is 19.3 Å². The maximum Gasteiger partial charge on any atom is 0.410 e. The Balaban J connectivity index is 1.38. The van der Waals surface area contributed by atoms with Gasteiger partial charge in [-0.3, -0.25) is 14.4 Å². The highest BCUT2D eigenvalue weighted by Gasteiger charge is 2.49. The minimum absolute atomic E-state index is 0.0519. The van der Waals surface area contributed by atoms with E-state index in [1.54, 1.807) is 25.7 Å². The molecule has 1 aliphatic carbocycles. The van der Waals surface area contributed by atoms with Crippen molar-refractivity contribution in [2.45, 2.75) is 110 Å². The molecule has 0 unspecified atom stereocenters. The summed E-state index contributed by atoms with van der Waals surface area (Å²) in [5.41, 5.74) is -1.72. The third-order valence-electron chi connectivity index (χ3n) is 11.3. The van der Waals surface area contributed by atoms with E-state index in [0.29, 0.717) is 30.1 Å². The van der Waals surface area contributed by atoms with E-state index in [2.05, 4.69) is 0 Å². The molecule has 11 heteroatoms. The van der Waals surface area contributed by atoms with Crippen molar-refractivity contribution in [2.24, 2.45) is 17.3 Å². The zero-order valence-electron chi connectivity index (χ0n) is 31.4. The zero-order chi connectivity index (χ0) is 37.1. The number of aliphatic hydroxyl groups excluding tert-OH is 1. The number of rotatable bonds is 8. The summed E-state index contributed by atoms with van der Waals surface area (Å²) in [6.45, 7) is 12.1. The minimum atomic E-state index is -1.33. The molecule has 2 N–H and O–H groups in total. The summed E-state index contributed by atoms with van der Waals surface area (Å²) < 4.78 is 6.95. The van der Waals surface area contributed by atoms with E-state index in [9.17, 15) is 29.4 Å². The maximum atomic E-state index is 14.4. The van der Waals surface area contributed by atoms with Gasteiger partial charge in [0, 0.05) is 61.9 Å². The fourth-order valence-electron chi connectivity index (χ4n) is 8.11. The highest BCUT2D eigenvalue weighted by atomic mass is 16.6. The molecule has 51 heavy (non-hydrogen) atoms. The van der Waals surface area contributed by atoms with Crippen molar-refractivity contribution in [2.75, 3.05) is 39.3 Å². The molecule has 0 spiro atoms. The number of pyridine rings is 1. The largest absolute Gasteiger partial charge is 0.444 e. The predicted molar refractivity (Wildman–Crippen MR) is 196 cm³/mol. The van der Waals surface area contributed by atoms with Gasteiger partial charge in [-0.25, -0.2) is 4.79 Å². The summed E-state index contributed by atoms with van der Waals surface area (Å²) in [6.07, 6.45) is 8.34. The van der Waals surface area contributed by atoms with Crippen LogP contribution in [0.3, 0.4) is 0 Å². The second-order valence-electron chi connectivity index (χ2n) is 16.8. The number of amides is 3. The Kier molecular flexibility index (Phi) is 11.7. The zero-order valence-corrected chi connectivity index (χ0v) is 31.4. The summed E-state index contributed by atoms with van der Waals surface area (Å²) in [7, 11) is 0. The standard InChI is InChI=1S/C40H58N4O7/c1-28(21-29-13-9-7-10-14-29)35(47)42-18-17-40(50,39(5,6)26-42)27-43-24-33(32(22-34(43)46)30-15-11-8-12-16-30)36(48)44-20-19-41(23-31(44)25-45)37(49)51-38(2,3)4/h8,11-12,15-16,22,24,28-29,31,45,50H,7,9-10,13-14,17-21,23,25-27H2,1-6H3/t28-,31+,40-/m1/s1. The summed E-state index contributed by atoms with van der Waals surface area (Å²) >= 11 is 0. The number of likely N-dealkylation sites (tertiary alicyclic amines) is 1. The van der Waals surface area contributed by atoms with Gasteiger partial charge in [0.15, 0.2) is 0 Å². The predicted octanol–water partition coefficient (Wildman–Crippen LogP) is 5.17. The number of carbonyl (C=O) groups excluding carboxylic acids is 3. The molecule has 3 amide bonds. The molecule has 0 bridgehead atoms. The maximum absolute atomic E-state index is 14.4. The minimum Gasteiger partial charge on any atom is -0.444 e. The fourth-order valence-corrected chi connectivity index (χ4v) is 8.11. The smallest absolute Gasteiger partial charge is 0.410 e. The van der Waals surface area contributed by atoms with Crippen LogP contribution in [0.15, 0.2) is 47.4 Å². The monoisotopic (exact) mass is 706 g/mol. The van der Waals surface area contributed by atoms with Gasteiger partial charge in [-0.15, -0.1) is 0 Å². The van der Waals surface area contributed by atoms with E-state index in [1.807, 2.05) is 56.0 Å². The van der Waals surface area contributed by atoms with Crippen molar-refractivity contribution < 1.29 is 29.3 Å². The molecule has 11 nitrogen and oxygen atoms in total. The average Bonchev–Trinajstić information content (AvgIpc) is 3.09. The lowest BCUT2D eigenvalue weighted by Crippen LogP contribution is -2.61. The lowest BCUT2D eigenvalue weighted by Gasteiger charge is -2.51. The number of piperazine rings is 1. The van der Waals surface area contributed by atoms with Gasteiger partial charge in [0.1, 0.15) is 5.60 Å². The summed E-state index contributed by atoms with van der Waals surface area (Å²) in [5.74, 6) is 0.254. The van der Waals surface area contributed by atoms with Gasteiger partial charge in [-0.1, -0.05) is 83.2 Å². The third kappa shape index (κ3) is 8.85. The van der Waals surface area contributed by atoms with Gasteiger partial charge < -0.3 is 34.2 Å². The third-order valence-corrected chi connectivity index (χ3v) is 11.3. The Bertz CT molecular complexity index is 1610. The quantitative estimate of drug-likeness (QED) is 0.388. The molecular formula is C40H58N4O7. The molecule has 3 heterocycles. The van der Waals surface area contributed by atoms with Gasteiger partial charge >= 0.3 is 6.09 Å². The van der Waals surface area contributed by atoms with Crippen molar-refractivity contribution in [3.8, 4) is 11.1 Å². The Hall–Kier alpha value is -3.70. The van der Waals surface area contributed by atoms with E-state index in [4.69, 9.17) is 4.74 Å². The van der Waals surface area contributed by atoms with Gasteiger partial charge in [0.05, 0.1) is 30.4 Å². The first-order valence-corrected chi connectivity index (χ1v) is 18.7. The van der Waals surface area contributed by atoms with E-state index in [-0.39, 0.29) is 68.1 Å². The highest BCUT2D eigenvalue weighted by molar-refractivity contribution is 6.01. The van der Waals surface area contributed by atoms with E-state index in [1.165, 1.54) is 53.8 Å². The fraction of sp³-hybridized carbons (Fsp3) is 0.650. The first kappa shape index (κ1) is 38.5. The van der Waals surface area contributed by atoms with Crippen molar-refractivity contribution in [3.05, 3.63) is 58.5 Å². The number of piperidine rings is 1. The number of aliphatic hydroxyl groups is 2. The molecule has 1 aromatic heterocycles. The number of carbonyl (C=O) groups is 3. The van der Waals surface area contributed by atoms with Crippen LogP contribution in [0.2, 0.25) is 0 Å². The number of hydrogen-bond donors (Lipinski definition) is 2. The van der Waals surface area contributed by atoms with Crippen LogP contribution in [0.4, 0.5) is 4.79 Å². The van der Waals surface area contributed by atoms with Gasteiger partial charge in [0.2, 0.25) is 5.91 Å². The molecule has 3 fully saturated rings. The van der Waals surface area contributed by atoms with Crippen LogP contribution in [0, 0.1) is 17.3 Å². The normalized spacial score (nSPS) is 23.5. The van der Waals surface area contributed by atoms with Crippen LogP contribution in [-0.4, -0.2) is 104 Å². The molecule has 3 aliphatic rings. The Morgan fingerprint density at radius 1 is 1.00 bits per heavy atom. The molecular weight excluding hydrogens is 648 g/mol. The second-order valence-corrected chi connectivity index (χ2v) is 16.8. The first-order chi connectivity index (χ1) is 24.0. The molecule has 2 aromatic rings.